The van der Waals surface area contributed by atoms with Crippen molar-refractivity contribution >= 4 is 29.1 Å². The Labute approximate surface area is 164 Å². The molecule has 0 bridgehead atoms. The van der Waals surface area contributed by atoms with Crippen LogP contribution in [0.3, 0.4) is 0 Å². The van der Waals surface area contributed by atoms with E-state index in [1.807, 2.05) is 25.1 Å². The van der Waals surface area contributed by atoms with Crippen molar-refractivity contribution in [1.29, 1.82) is 0 Å². The Morgan fingerprint density at radius 3 is 2.46 bits per heavy atom. The number of nitrogens with zero attached hydrogens (tertiary/aromatic N) is 1. The topological polar surface area (TPSA) is 41.6 Å². The molecular formula is C20H22Cl2N2O2. The van der Waals surface area contributed by atoms with Crippen LogP contribution in [0.1, 0.15) is 28.9 Å². The van der Waals surface area contributed by atoms with Crippen LogP contribution in [0.4, 0.5) is 0 Å². The second-order valence-corrected chi connectivity index (χ2v) is 7.23. The molecule has 0 radical (unpaired) electrons. The first-order valence-electron chi connectivity index (χ1n) is 8.69. The molecule has 1 aliphatic rings. The van der Waals surface area contributed by atoms with E-state index in [1.165, 1.54) is 5.56 Å². The Morgan fingerprint density at radius 1 is 1.12 bits per heavy atom. The van der Waals surface area contributed by atoms with Crippen LogP contribution < -0.4 is 5.32 Å². The lowest BCUT2D eigenvalue weighted by Gasteiger charge is -2.38. The summed E-state index contributed by atoms with van der Waals surface area (Å²) >= 11 is 12.1. The molecule has 4 nitrogen and oxygen atoms in total. The Morgan fingerprint density at radius 2 is 1.81 bits per heavy atom. The number of benzene rings is 2. The summed E-state index contributed by atoms with van der Waals surface area (Å²) in [6.07, 6.45) is 0. The number of hydrogen-bond donors (Lipinski definition) is 1. The van der Waals surface area contributed by atoms with Crippen LogP contribution in [-0.2, 0) is 4.74 Å². The molecule has 1 heterocycles. The van der Waals surface area contributed by atoms with Crippen LogP contribution >= 0.6 is 23.2 Å². The number of nitrogens with one attached hydrogen (secondary N) is 1. The van der Waals surface area contributed by atoms with Crippen molar-refractivity contribution in [1.82, 2.24) is 10.2 Å². The van der Waals surface area contributed by atoms with Gasteiger partial charge in [-0.05, 0) is 30.7 Å². The molecule has 138 valence electrons. The average Bonchev–Trinajstić information content (AvgIpc) is 2.63. The third-order valence-corrected chi connectivity index (χ3v) is 5.14. The van der Waals surface area contributed by atoms with Crippen LogP contribution in [0.15, 0.2) is 48.5 Å². The first-order chi connectivity index (χ1) is 12.6. The molecule has 0 unspecified atom stereocenters. The minimum Gasteiger partial charge on any atom is -0.379 e. The van der Waals surface area contributed by atoms with Crippen molar-refractivity contribution < 1.29 is 9.53 Å². The first-order valence-corrected chi connectivity index (χ1v) is 9.44. The van der Waals surface area contributed by atoms with Gasteiger partial charge in [0.25, 0.3) is 5.91 Å². The van der Waals surface area contributed by atoms with E-state index in [4.69, 9.17) is 27.9 Å². The Hall–Kier alpha value is -1.59. The lowest BCUT2D eigenvalue weighted by Crippen LogP contribution is -2.48. The lowest BCUT2D eigenvalue weighted by molar-refractivity contribution is 0.00888. The minimum atomic E-state index is -0.201. The van der Waals surface area contributed by atoms with Gasteiger partial charge in [-0.1, -0.05) is 53.5 Å². The molecule has 1 fully saturated rings. The maximum Gasteiger partial charge on any atom is 0.253 e. The van der Waals surface area contributed by atoms with E-state index in [-0.39, 0.29) is 18.0 Å². The molecule has 0 spiro atoms. The molecule has 26 heavy (non-hydrogen) atoms. The van der Waals surface area contributed by atoms with Crippen LogP contribution in [0, 0.1) is 0 Å². The highest BCUT2D eigenvalue weighted by atomic mass is 35.5. The monoisotopic (exact) mass is 392 g/mol. The van der Waals surface area contributed by atoms with Gasteiger partial charge in [-0.25, -0.2) is 0 Å². The van der Waals surface area contributed by atoms with Gasteiger partial charge >= 0.3 is 0 Å². The second-order valence-electron chi connectivity index (χ2n) is 6.39. The third kappa shape index (κ3) is 4.57. The maximum atomic E-state index is 12.7. The fraction of sp³-hybridized carbons (Fsp3) is 0.350. The smallest absolute Gasteiger partial charge is 0.253 e. The standard InChI is InChI=1S/C20H22Cl2N2O2/c1-14(23-20(25)17-8-7-16(21)13-18(17)22)19(15-5-3-2-4-6-15)24-9-11-26-12-10-24/h2-8,13-14,19H,9-12H2,1H3,(H,23,25)/t14-,19-/m1/s1. The summed E-state index contributed by atoms with van der Waals surface area (Å²) in [7, 11) is 0. The van der Waals surface area contributed by atoms with Crippen LogP contribution in [0.5, 0.6) is 0 Å². The molecule has 0 aromatic heterocycles. The highest BCUT2D eigenvalue weighted by Crippen LogP contribution is 2.26. The summed E-state index contributed by atoms with van der Waals surface area (Å²) < 4.78 is 5.48. The Kier molecular flexibility index (Phi) is 6.54. The van der Waals surface area contributed by atoms with Crippen molar-refractivity contribution in [2.75, 3.05) is 26.3 Å². The maximum absolute atomic E-state index is 12.7. The largest absolute Gasteiger partial charge is 0.379 e. The number of halogens is 2. The summed E-state index contributed by atoms with van der Waals surface area (Å²) in [6, 6.07) is 15.1. The van der Waals surface area contributed by atoms with Crippen LogP contribution in [0.2, 0.25) is 10.0 Å². The molecule has 2 atom stereocenters. The molecule has 6 heteroatoms. The van der Waals surface area contributed by atoms with Gasteiger partial charge in [-0.3, -0.25) is 9.69 Å². The summed E-state index contributed by atoms with van der Waals surface area (Å²) in [5.74, 6) is -0.201. The van der Waals surface area contributed by atoms with Crippen molar-refractivity contribution in [3.05, 3.63) is 69.7 Å². The predicted molar refractivity (Wildman–Crippen MR) is 105 cm³/mol. The highest BCUT2D eigenvalue weighted by Gasteiger charge is 2.29. The van der Waals surface area contributed by atoms with Gasteiger partial charge in [-0.2, -0.15) is 0 Å². The number of amides is 1. The lowest BCUT2D eigenvalue weighted by atomic mass is 9.97. The zero-order valence-corrected chi connectivity index (χ0v) is 16.1. The molecule has 1 N–H and O–H groups in total. The zero-order valence-electron chi connectivity index (χ0n) is 14.6. The number of hydrogen-bond acceptors (Lipinski definition) is 3. The number of carbonyl (C=O) groups is 1. The SMILES string of the molecule is C[C@@H](NC(=O)c1ccc(Cl)cc1Cl)[C@H](c1ccccc1)N1CCOCC1. The average molecular weight is 393 g/mol. The van der Waals surface area contributed by atoms with Gasteiger partial charge in [0.15, 0.2) is 0 Å². The van der Waals surface area contributed by atoms with E-state index in [0.29, 0.717) is 28.8 Å². The number of ether oxygens (including phenoxy) is 1. The van der Waals surface area contributed by atoms with Crippen molar-refractivity contribution in [3.8, 4) is 0 Å². The molecule has 0 saturated carbocycles. The van der Waals surface area contributed by atoms with E-state index in [9.17, 15) is 4.79 Å². The van der Waals surface area contributed by atoms with Crippen LogP contribution in [0.25, 0.3) is 0 Å². The molecule has 1 amide bonds. The van der Waals surface area contributed by atoms with E-state index >= 15 is 0 Å². The molecule has 2 aromatic carbocycles. The zero-order chi connectivity index (χ0) is 18.5. The first kappa shape index (κ1) is 19.2. The van der Waals surface area contributed by atoms with Gasteiger partial charge in [0, 0.05) is 24.2 Å². The van der Waals surface area contributed by atoms with Gasteiger partial charge in [0.1, 0.15) is 0 Å². The number of morpholine rings is 1. The number of carbonyl (C=O) groups excluding carboxylic acids is 1. The molecular weight excluding hydrogens is 371 g/mol. The highest BCUT2D eigenvalue weighted by molar-refractivity contribution is 6.36. The van der Waals surface area contributed by atoms with Crippen molar-refractivity contribution in [2.24, 2.45) is 0 Å². The fourth-order valence-electron chi connectivity index (χ4n) is 3.36. The van der Waals surface area contributed by atoms with E-state index in [2.05, 4.69) is 22.3 Å². The van der Waals surface area contributed by atoms with E-state index < -0.39 is 0 Å². The summed E-state index contributed by atoms with van der Waals surface area (Å²) in [5.41, 5.74) is 1.60. The van der Waals surface area contributed by atoms with E-state index in [0.717, 1.165) is 13.1 Å². The van der Waals surface area contributed by atoms with Crippen molar-refractivity contribution in [2.45, 2.75) is 19.0 Å². The van der Waals surface area contributed by atoms with Gasteiger partial charge in [0.2, 0.25) is 0 Å². The molecule has 0 aliphatic carbocycles. The Bertz CT molecular complexity index is 749. The van der Waals surface area contributed by atoms with Crippen LogP contribution in [-0.4, -0.2) is 43.2 Å². The minimum absolute atomic E-state index is 0.0649. The van der Waals surface area contributed by atoms with Gasteiger partial charge < -0.3 is 10.1 Å². The molecule has 2 aromatic rings. The predicted octanol–water partition coefficient (Wildman–Crippen LogP) is 4.19. The molecule has 3 rings (SSSR count). The molecule has 1 aliphatic heterocycles. The second kappa shape index (κ2) is 8.87. The quantitative estimate of drug-likeness (QED) is 0.829. The normalized spacial score (nSPS) is 17.5. The summed E-state index contributed by atoms with van der Waals surface area (Å²) in [6.45, 7) is 5.10. The molecule has 1 saturated heterocycles. The Balaban J connectivity index is 1.80. The van der Waals surface area contributed by atoms with E-state index in [1.54, 1.807) is 18.2 Å². The van der Waals surface area contributed by atoms with Gasteiger partial charge in [0.05, 0.1) is 29.8 Å². The van der Waals surface area contributed by atoms with Gasteiger partial charge in [-0.15, -0.1) is 0 Å². The summed E-state index contributed by atoms with van der Waals surface area (Å²) in [4.78, 5) is 15.1. The van der Waals surface area contributed by atoms with Crippen molar-refractivity contribution in [3.63, 3.8) is 0 Å². The third-order valence-electron chi connectivity index (χ3n) is 4.59. The fourth-order valence-corrected chi connectivity index (χ4v) is 3.85. The summed E-state index contributed by atoms with van der Waals surface area (Å²) in [5, 5.41) is 3.96. The number of rotatable bonds is 5.